The van der Waals surface area contributed by atoms with Gasteiger partial charge in [-0.15, -0.1) is 11.8 Å². The van der Waals surface area contributed by atoms with Crippen LogP contribution in [-0.4, -0.2) is 24.5 Å². The van der Waals surface area contributed by atoms with Crippen molar-refractivity contribution in [3.05, 3.63) is 24.3 Å². The fourth-order valence-electron chi connectivity index (χ4n) is 1.66. The van der Waals surface area contributed by atoms with E-state index in [1.54, 1.807) is 16.7 Å². The maximum absolute atomic E-state index is 11.5. The minimum atomic E-state index is -0.0958. The summed E-state index contributed by atoms with van der Waals surface area (Å²) in [5.41, 5.74) is 0.848. The molecule has 1 fully saturated rings. The average molecular weight is 221 g/mol. The summed E-state index contributed by atoms with van der Waals surface area (Å²) in [5, 5.41) is 0. The van der Waals surface area contributed by atoms with Gasteiger partial charge < -0.3 is 4.90 Å². The standard InChI is InChI=1S/C11H11NO2S/c1-15-10-5-3-2-4-9(10)12-7-8(13)6-11(12)14/h2-5H,6-7H2,1H3. The molecule has 0 spiro atoms. The van der Waals surface area contributed by atoms with Gasteiger partial charge in [-0.2, -0.15) is 0 Å². The molecule has 2 rings (SSSR count). The summed E-state index contributed by atoms with van der Waals surface area (Å²) in [4.78, 5) is 25.3. The van der Waals surface area contributed by atoms with Crippen molar-refractivity contribution in [3.63, 3.8) is 0 Å². The van der Waals surface area contributed by atoms with E-state index in [0.29, 0.717) is 0 Å². The largest absolute Gasteiger partial charge is 0.303 e. The Balaban J connectivity index is 2.37. The van der Waals surface area contributed by atoms with Crippen LogP contribution in [0.2, 0.25) is 0 Å². The number of carbonyl (C=O) groups excluding carboxylic acids is 2. The number of hydrogen-bond acceptors (Lipinski definition) is 3. The van der Waals surface area contributed by atoms with Gasteiger partial charge in [0.15, 0.2) is 5.78 Å². The highest BCUT2D eigenvalue weighted by Crippen LogP contribution is 2.30. The van der Waals surface area contributed by atoms with Gasteiger partial charge in [0.2, 0.25) is 5.91 Å². The molecule has 3 nitrogen and oxygen atoms in total. The Labute approximate surface area is 92.5 Å². The van der Waals surface area contributed by atoms with E-state index in [1.807, 2.05) is 30.5 Å². The first-order valence-electron chi connectivity index (χ1n) is 4.67. The topological polar surface area (TPSA) is 37.4 Å². The molecule has 0 radical (unpaired) electrons. The molecule has 1 aliphatic heterocycles. The lowest BCUT2D eigenvalue weighted by atomic mass is 10.3. The highest BCUT2D eigenvalue weighted by Gasteiger charge is 2.29. The first kappa shape index (κ1) is 10.2. The molecule has 0 N–H and O–H groups in total. The summed E-state index contributed by atoms with van der Waals surface area (Å²) < 4.78 is 0. The molecule has 0 unspecified atom stereocenters. The fraction of sp³-hybridized carbons (Fsp3) is 0.273. The number of hydrogen-bond donors (Lipinski definition) is 0. The van der Waals surface area contributed by atoms with E-state index >= 15 is 0 Å². The number of nitrogens with zero attached hydrogens (tertiary/aromatic N) is 1. The van der Waals surface area contributed by atoms with Crippen molar-refractivity contribution >= 4 is 29.1 Å². The number of para-hydroxylation sites is 1. The summed E-state index contributed by atoms with van der Waals surface area (Å²) in [7, 11) is 0. The normalized spacial score (nSPS) is 16.2. The second kappa shape index (κ2) is 4.06. The number of Topliss-reactive ketones (excluding diaryl/α,β-unsaturated/α-hetero) is 1. The molecule has 0 saturated carbocycles. The molecule has 1 heterocycles. The van der Waals surface area contributed by atoms with Gasteiger partial charge in [0.1, 0.15) is 0 Å². The number of anilines is 1. The quantitative estimate of drug-likeness (QED) is 0.563. The van der Waals surface area contributed by atoms with Crippen LogP contribution in [0.4, 0.5) is 5.69 Å². The second-order valence-electron chi connectivity index (χ2n) is 3.37. The number of ketones is 1. The van der Waals surface area contributed by atoms with Crippen LogP contribution >= 0.6 is 11.8 Å². The van der Waals surface area contributed by atoms with Crippen molar-refractivity contribution in [2.24, 2.45) is 0 Å². The van der Waals surface area contributed by atoms with E-state index in [9.17, 15) is 9.59 Å². The van der Waals surface area contributed by atoms with Gasteiger partial charge >= 0.3 is 0 Å². The smallest absolute Gasteiger partial charge is 0.234 e. The van der Waals surface area contributed by atoms with Crippen molar-refractivity contribution in [2.45, 2.75) is 11.3 Å². The predicted molar refractivity (Wildman–Crippen MR) is 60.2 cm³/mol. The van der Waals surface area contributed by atoms with Gasteiger partial charge in [-0.25, -0.2) is 0 Å². The summed E-state index contributed by atoms with van der Waals surface area (Å²) in [5.74, 6) is -0.0996. The Hall–Kier alpha value is -1.29. The zero-order valence-corrected chi connectivity index (χ0v) is 9.21. The van der Waals surface area contributed by atoms with Gasteiger partial charge in [0.05, 0.1) is 18.7 Å². The summed E-state index contributed by atoms with van der Waals surface area (Å²) in [6, 6.07) is 7.64. The Morgan fingerprint density at radius 3 is 2.60 bits per heavy atom. The predicted octanol–water partition coefficient (Wildman–Crippen LogP) is 1.71. The molecule has 15 heavy (non-hydrogen) atoms. The van der Waals surface area contributed by atoms with Gasteiger partial charge in [-0.3, -0.25) is 9.59 Å². The van der Waals surface area contributed by atoms with Gasteiger partial charge in [-0.1, -0.05) is 12.1 Å². The first-order valence-corrected chi connectivity index (χ1v) is 5.90. The third-order valence-electron chi connectivity index (χ3n) is 2.36. The molecular formula is C11H11NO2S. The SMILES string of the molecule is CSc1ccccc1N1CC(=O)CC1=O. The van der Waals surface area contributed by atoms with Crippen molar-refractivity contribution < 1.29 is 9.59 Å². The number of thioether (sulfide) groups is 1. The zero-order chi connectivity index (χ0) is 10.8. The molecule has 1 aromatic rings. The molecule has 0 aromatic heterocycles. The van der Waals surface area contributed by atoms with E-state index in [4.69, 9.17) is 0 Å². The Bertz CT molecular complexity index is 417. The van der Waals surface area contributed by atoms with Crippen LogP contribution < -0.4 is 4.90 Å². The second-order valence-corrected chi connectivity index (χ2v) is 4.22. The molecule has 0 aliphatic carbocycles. The summed E-state index contributed by atoms with van der Waals surface area (Å²) in [6.07, 6.45) is 2.00. The lowest BCUT2D eigenvalue weighted by Gasteiger charge is -2.17. The van der Waals surface area contributed by atoms with Gasteiger partial charge in [-0.05, 0) is 18.4 Å². The molecule has 0 bridgehead atoms. The summed E-state index contributed by atoms with van der Waals surface area (Å²) in [6.45, 7) is 0.219. The lowest BCUT2D eigenvalue weighted by Crippen LogP contribution is -2.24. The number of benzene rings is 1. The first-order chi connectivity index (χ1) is 7.22. The van der Waals surface area contributed by atoms with Gasteiger partial charge in [0, 0.05) is 4.90 Å². The van der Waals surface area contributed by atoms with Crippen molar-refractivity contribution in [2.75, 3.05) is 17.7 Å². The van der Waals surface area contributed by atoms with Crippen LogP contribution in [-0.2, 0) is 9.59 Å². The molecule has 0 atom stereocenters. The third-order valence-corrected chi connectivity index (χ3v) is 3.14. The number of amides is 1. The van der Waals surface area contributed by atoms with E-state index in [0.717, 1.165) is 10.6 Å². The molecule has 1 amide bonds. The molecule has 4 heteroatoms. The van der Waals surface area contributed by atoms with Crippen molar-refractivity contribution in [1.82, 2.24) is 0 Å². The van der Waals surface area contributed by atoms with Gasteiger partial charge in [0.25, 0.3) is 0 Å². The van der Waals surface area contributed by atoms with Crippen molar-refractivity contribution in [3.8, 4) is 0 Å². The average Bonchev–Trinajstić information content (AvgIpc) is 2.57. The Morgan fingerprint density at radius 1 is 1.27 bits per heavy atom. The van der Waals surface area contributed by atoms with E-state index in [-0.39, 0.29) is 24.7 Å². The van der Waals surface area contributed by atoms with E-state index < -0.39 is 0 Å². The minimum Gasteiger partial charge on any atom is -0.303 e. The third kappa shape index (κ3) is 1.90. The molecule has 78 valence electrons. The fourth-order valence-corrected chi connectivity index (χ4v) is 2.26. The molecular weight excluding hydrogens is 210 g/mol. The number of carbonyl (C=O) groups is 2. The maximum atomic E-state index is 11.5. The van der Waals surface area contributed by atoms with Crippen LogP contribution in [0.5, 0.6) is 0 Å². The number of rotatable bonds is 2. The zero-order valence-electron chi connectivity index (χ0n) is 8.40. The molecule has 1 aliphatic rings. The highest BCUT2D eigenvalue weighted by atomic mass is 32.2. The highest BCUT2D eigenvalue weighted by molar-refractivity contribution is 7.98. The molecule has 1 aromatic carbocycles. The minimum absolute atomic E-state index is 0.00379. The summed E-state index contributed by atoms with van der Waals surface area (Å²) >= 11 is 1.58. The van der Waals surface area contributed by atoms with Crippen LogP contribution in [0.3, 0.4) is 0 Å². The van der Waals surface area contributed by atoms with E-state index in [1.165, 1.54) is 0 Å². The Morgan fingerprint density at radius 2 is 2.00 bits per heavy atom. The lowest BCUT2D eigenvalue weighted by molar-refractivity contribution is -0.121. The van der Waals surface area contributed by atoms with Crippen LogP contribution in [0.1, 0.15) is 6.42 Å². The van der Waals surface area contributed by atoms with Crippen LogP contribution in [0.25, 0.3) is 0 Å². The van der Waals surface area contributed by atoms with Crippen LogP contribution in [0.15, 0.2) is 29.2 Å². The van der Waals surface area contributed by atoms with Crippen LogP contribution in [0, 0.1) is 0 Å². The van der Waals surface area contributed by atoms with E-state index in [2.05, 4.69) is 0 Å². The molecule has 1 saturated heterocycles. The Kier molecular flexibility index (Phi) is 2.77. The van der Waals surface area contributed by atoms with Crippen molar-refractivity contribution in [1.29, 1.82) is 0 Å². The maximum Gasteiger partial charge on any atom is 0.234 e. The monoisotopic (exact) mass is 221 g/mol.